The van der Waals surface area contributed by atoms with Crippen LogP contribution in [0.3, 0.4) is 0 Å². The minimum absolute atomic E-state index is 0.105. The molecule has 1 aromatic heterocycles. The van der Waals surface area contributed by atoms with E-state index in [4.69, 9.17) is 4.74 Å². The molecular weight excluding hydrogens is 448 g/mol. The van der Waals surface area contributed by atoms with Gasteiger partial charge in [0, 0.05) is 50.0 Å². The van der Waals surface area contributed by atoms with Crippen LogP contribution in [0.2, 0.25) is 0 Å². The number of aromatic nitrogens is 4. The third-order valence-corrected chi connectivity index (χ3v) is 6.48. The van der Waals surface area contributed by atoms with Crippen molar-refractivity contribution >= 4 is 5.91 Å². The Balaban J connectivity index is 1.53. The van der Waals surface area contributed by atoms with Crippen molar-refractivity contribution in [2.24, 2.45) is 0 Å². The van der Waals surface area contributed by atoms with Crippen LogP contribution < -0.4 is 5.32 Å². The Morgan fingerprint density at radius 2 is 2.03 bits per heavy atom. The van der Waals surface area contributed by atoms with E-state index in [2.05, 4.69) is 32.8 Å². The molecule has 0 radical (unpaired) electrons. The summed E-state index contributed by atoms with van der Waals surface area (Å²) in [5, 5.41) is 35.9. The van der Waals surface area contributed by atoms with Crippen LogP contribution in [0.4, 0.5) is 0 Å². The molecular formula is C25H32N6O4. The van der Waals surface area contributed by atoms with E-state index in [9.17, 15) is 15.0 Å². The zero-order valence-corrected chi connectivity index (χ0v) is 20.1. The number of phenolic OH excluding ortho intramolecular Hbond substituents is 2. The number of phenols is 2. The number of ether oxygens (including phenoxy) is 1. The van der Waals surface area contributed by atoms with Crippen LogP contribution in [0, 0.1) is 0 Å². The number of likely N-dealkylation sites (tertiary alicyclic amines) is 1. The molecule has 0 spiro atoms. The predicted octanol–water partition coefficient (Wildman–Crippen LogP) is 2.67. The zero-order valence-electron chi connectivity index (χ0n) is 20.1. The molecule has 1 fully saturated rings. The van der Waals surface area contributed by atoms with E-state index >= 15 is 0 Å². The van der Waals surface area contributed by atoms with E-state index in [1.54, 1.807) is 36.1 Å². The Morgan fingerprint density at radius 1 is 1.20 bits per heavy atom. The molecule has 2 heterocycles. The molecule has 1 aliphatic rings. The van der Waals surface area contributed by atoms with E-state index in [1.807, 2.05) is 6.07 Å². The van der Waals surface area contributed by atoms with Gasteiger partial charge in [0.05, 0.1) is 5.56 Å². The summed E-state index contributed by atoms with van der Waals surface area (Å²) in [4.78, 5) is 15.1. The molecule has 186 valence electrons. The fourth-order valence-electron chi connectivity index (χ4n) is 4.52. The topological polar surface area (TPSA) is 126 Å². The Labute approximate surface area is 204 Å². The maximum Gasteiger partial charge on any atom is 0.251 e. The standard InChI is InChI=1S/C25H32N6O4/c1-30-11-4-8-19(30)9-10-26-25(34)18-7-3-6-17(14-18)20-15-21(23(33)16-22(20)32)24-27-28-29-31(24)12-5-13-35-2/h3,6-7,14-16,19,32-33H,4-5,8-13H2,1-2H3,(H,26,34). The lowest BCUT2D eigenvalue weighted by atomic mass is 9.98. The number of rotatable bonds is 10. The van der Waals surface area contributed by atoms with Crippen LogP contribution in [0.1, 0.15) is 36.0 Å². The summed E-state index contributed by atoms with van der Waals surface area (Å²) < 4.78 is 6.67. The number of benzene rings is 2. The van der Waals surface area contributed by atoms with E-state index in [0.29, 0.717) is 60.2 Å². The summed E-state index contributed by atoms with van der Waals surface area (Å²) in [7, 11) is 3.75. The first-order valence-electron chi connectivity index (χ1n) is 11.9. The van der Waals surface area contributed by atoms with Gasteiger partial charge in [-0.25, -0.2) is 4.68 Å². The minimum atomic E-state index is -0.159. The van der Waals surface area contributed by atoms with Crippen molar-refractivity contribution in [3.8, 4) is 34.0 Å². The van der Waals surface area contributed by atoms with Gasteiger partial charge in [-0.2, -0.15) is 0 Å². The van der Waals surface area contributed by atoms with Crippen molar-refractivity contribution in [2.45, 2.75) is 38.3 Å². The highest BCUT2D eigenvalue weighted by molar-refractivity contribution is 5.95. The number of nitrogens with zero attached hydrogens (tertiary/aromatic N) is 5. The molecule has 1 aliphatic heterocycles. The maximum atomic E-state index is 12.8. The van der Waals surface area contributed by atoms with Crippen molar-refractivity contribution in [1.82, 2.24) is 30.4 Å². The Morgan fingerprint density at radius 3 is 2.80 bits per heavy atom. The monoisotopic (exact) mass is 480 g/mol. The molecule has 4 rings (SSSR count). The molecule has 0 saturated carbocycles. The van der Waals surface area contributed by atoms with Gasteiger partial charge >= 0.3 is 0 Å². The summed E-state index contributed by atoms with van der Waals surface area (Å²) in [5.41, 5.74) is 1.99. The molecule has 35 heavy (non-hydrogen) atoms. The normalized spacial score (nSPS) is 16.0. The number of methoxy groups -OCH3 is 1. The van der Waals surface area contributed by atoms with Gasteiger partial charge in [-0.3, -0.25) is 4.79 Å². The summed E-state index contributed by atoms with van der Waals surface area (Å²) in [6, 6.07) is 10.5. The fraction of sp³-hybridized carbons (Fsp3) is 0.440. The second kappa shape index (κ2) is 11.3. The highest BCUT2D eigenvalue weighted by Gasteiger charge is 2.21. The second-order valence-electron chi connectivity index (χ2n) is 8.86. The Hall–Kier alpha value is -3.50. The summed E-state index contributed by atoms with van der Waals surface area (Å²) in [6.45, 7) is 2.78. The molecule has 1 unspecified atom stereocenters. The molecule has 1 atom stereocenters. The van der Waals surface area contributed by atoms with Crippen LogP contribution >= 0.6 is 0 Å². The summed E-state index contributed by atoms with van der Waals surface area (Å²) in [6.07, 6.45) is 3.99. The average molecular weight is 481 g/mol. The number of aryl methyl sites for hydroxylation is 1. The molecule has 0 aliphatic carbocycles. The Bertz CT molecular complexity index is 1160. The van der Waals surface area contributed by atoms with E-state index < -0.39 is 0 Å². The van der Waals surface area contributed by atoms with E-state index in [0.717, 1.165) is 13.0 Å². The molecule has 0 bridgehead atoms. The lowest BCUT2D eigenvalue weighted by molar-refractivity contribution is 0.0950. The SMILES string of the molecule is COCCCn1nnnc1-c1cc(-c2cccc(C(=O)NCCC3CCCN3C)c2)c(O)cc1O. The van der Waals surface area contributed by atoms with Crippen LogP contribution in [-0.4, -0.2) is 81.1 Å². The number of nitrogens with one attached hydrogen (secondary N) is 1. The van der Waals surface area contributed by atoms with Crippen molar-refractivity contribution < 1.29 is 19.7 Å². The summed E-state index contributed by atoms with van der Waals surface area (Å²) >= 11 is 0. The van der Waals surface area contributed by atoms with Crippen molar-refractivity contribution in [2.75, 3.05) is 33.9 Å². The number of carbonyl (C=O) groups is 1. The van der Waals surface area contributed by atoms with Gasteiger partial charge in [0.15, 0.2) is 5.82 Å². The van der Waals surface area contributed by atoms with Crippen LogP contribution in [0.5, 0.6) is 11.5 Å². The van der Waals surface area contributed by atoms with E-state index in [-0.39, 0.29) is 17.4 Å². The van der Waals surface area contributed by atoms with Crippen molar-refractivity contribution in [3.63, 3.8) is 0 Å². The number of carbonyl (C=O) groups excluding carboxylic acids is 1. The largest absolute Gasteiger partial charge is 0.507 e. The second-order valence-corrected chi connectivity index (χ2v) is 8.86. The average Bonchev–Trinajstić information content (AvgIpc) is 3.48. The van der Waals surface area contributed by atoms with Gasteiger partial charge in [0.25, 0.3) is 5.91 Å². The third kappa shape index (κ3) is 5.77. The van der Waals surface area contributed by atoms with Gasteiger partial charge < -0.3 is 25.2 Å². The molecule has 3 aromatic rings. The smallest absolute Gasteiger partial charge is 0.251 e. The number of hydrogen-bond donors (Lipinski definition) is 3. The van der Waals surface area contributed by atoms with Crippen molar-refractivity contribution in [3.05, 3.63) is 42.0 Å². The third-order valence-electron chi connectivity index (χ3n) is 6.48. The van der Waals surface area contributed by atoms with Crippen LogP contribution in [0.25, 0.3) is 22.5 Å². The first kappa shape index (κ1) is 24.6. The highest BCUT2D eigenvalue weighted by atomic mass is 16.5. The van der Waals surface area contributed by atoms with Gasteiger partial charge in [-0.1, -0.05) is 12.1 Å². The predicted molar refractivity (Wildman–Crippen MR) is 131 cm³/mol. The van der Waals surface area contributed by atoms with Crippen molar-refractivity contribution in [1.29, 1.82) is 0 Å². The van der Waals surface area contributed by atoms with Gasteiger partial charge in [-0.05, 0) is 73.5 Å². The van der Waals surface area contributed by atoms with Gasteiger partial charge in [0.1, 0.15) is 11.5 Å². The molecule has 2 aromatic carbocycles. The lowest BCUT2D eigenvalue weighted by Gasteiger charge is -2.19. The quantitative estimate of drug-likeness (QED) is 0.378. The van der Waals surface area contributed by atoms with E-state index in [1.165, 1.54) is 18.9 Å². The highest BCUT2D eigenvalue weighted by Crippen LogP contribution is 2.39. The van der Waals surface area contributed by atoms with Gasteiger partial charge in [0.2, 0.25) is 0 Å². The number of tetrazole rings is 1. The first-order chi connectivity index (χ1) is 17.0. The molecule has 10 nitrogen and oxygen atoms in total. The lowest BCUT2D eigenvalue weighted by Crippen LogP contribution is -2.31. The fourth-order valence-corrected chi connectivity index (χ4v) is 4.52. The van der Waals surface area contributed by atoms with Gasteiger partial charge in [-0.15, -0.1) is 5.10 Å². The molecule has 3 N–H and O–H groups in total. The van der Waals surface area contributed by atoms with Crippen LogP contribution in [-0.2, 0) is 11.3 Å². The number of aromatic hydroxyl groups is 2. The van der Waals surface area contributed by atoms with Crippen LogP contribution in [0.15, 0.2) is 36.4 Å². The minimum Gasteiger partial charge on any atom is -0.507 e. The number of hydrogen-bond acceptors (Lipinski definition) is 8. The molecule has 1 amide bonds. The first-order valence-corrected chi connectivity index (χ1v) is 11.9. The Kier molecular flexibility index (Phi) is 7.94. The zero-order chi connectivity index (χ0) is 24.8. The maximum absolute atomic E-state index is 12.8. The molecule has 10 heteroatoms. The molecule has 1 saturated heterocycles. The summed E-state index contributed by atoms with van der Waals surface area (Å²) in [5.74, 6) is -0.0231. The number of amides is 1.